The quantitative estimate of drug-likeness (QED) is 0.565. The molecule has 0 saturated heterocycles. The van der Waals surface area contributed by atoms with E-state index in [9.17, 15) is 19.5 Å². The molecule has 7 heteroatoms. The van der Waals surface area contributed by atoms with Crippen LogP contribution in [0.15, 0.2) is 40.4 Å². The molecule has 1 aromatic carbocycles. The molecule has 3 aliphatic rings. The minimum Gasteiger partial charge on any atom is -0.507 e. The lowest BCUT2D eigenvalue weighted by Gasteiger charge is -2.25. The molecule has 1 saturated carbocycles. The van der Waals surface area contributed by atoms with E-state index >= 15 is 0 Å². The second-order valence-electron chi connectivity index (χ2n) is 7.40. The Labute approximate surface area is 173 Å². The molecule has 1 fully saturated rings. The van der Waals surface area contributed by atoms with Crippen LogP contribution in [0.4, 0.5) is 0 Å². The first-order valence-electron chi connectivity index (χ1n) is 9.95. The largest absolute Gasteiger partial charge is 0.507 e. The molecule has 0 spiro atoms. The summed E-state index contributed by atoms with van der Waals surface area (Å²) in [7, 11) is 0. The minimum atomic E-state index is -0.715. The molecule has 2 unspecified atom stereocenters. The molecule has 2 atom stereocenters. The van der Waals surface area contributed by atoms with Crippen molar-refractivity contribution < 1.29 is 24.2 Å². The Kier molecular flexibility index (Phi) is 5.50. The summed E-state index contributed by atoms with van der Waals surface area (Å²) in [6.07, 6.45) is 4.18. The van der Waals surface area contributed by atoms with Crippen LogP contribution in [0.5, 0.6) is 0 Å². The van der Waals surface area contributed by atoms with Crippen LogP contribution in [0.3, 0.4) is 0 Å². The maximum atomic E-state index is 12.6. The highest BCUT2D eigenvalue weighted by molar-refractivity contribution is 8.04. The smallest absolute Gasteiger partial charge is 0.336 e. The average molecular weight is 413 g/mol. The Morgan fingerprint density at radius 2 is 1.90 bits per heavy atom. The first-order chi connectivity index (χ1) is 14.0. The van der Waals surface area contributed by atoms with Gasteiger partial charge in [-0.05, 0) is 19.8 Å². The number of rotatable bonds is 5. The zero-order valence-electron chi connectivity index (χ0n) is 16.2. The number of hydrogen-bond donors (Lipinski definition) is 2. The third-order valence-electron chi connectivity index (χ3n) is 5.70. The second-order valence-corrected chi connectivity index (χ2v) is 8.64. The second kappa shape index (κ2) is 8.06. The van der Waals surface area contributed by atoms with Crippen molar-refractivity contribution >= 4 is 35.1 Å². The van der Waals surface area contributed by atoms with Crippen molar-refractivity contribution in [1.82, 2.24) is 5.32 Å². The molecule has 6 nitrogen and oxygen atoms in total. The molecular formula is C22H23NO5S. The summed E-state index contributed by atoms with van der Waals surface area (Å²) in [6, 6.07) is 6.53. The normalized spacial score (nSPS) is 23.8. The predicted molar refractivity (Wildman–Crippen MR) is 110 cm³/mol. The highest BCUT2D eigenvalue weighted by atomic mass is 32.2. The highest BCUT2D eigenvalue weighted by Gasteiger charge is 2.41. The van der Waals surface area contributed by atoms with Crippen LogP contribution in [0.25, 0.3) is 5.76 Å². The lowest BCUT2D eigenvalue weighted by molar-refractivity contribution is -0.139. The van der Waals surface area contributed by atoms with Crippen LogP contribution in [-0.4, -0.2) is 41.0 Å². The van der Waals surface area contributed by atoms with Crippen LogP contribution < -0.4 is 5.32 Å². The molecule has 1 aliphatic heterocycles. The van der Waals surface area contributed by atoms with Crippen molar-refractivity contribution in [3.8, 4) is 0 Å². The Morgan fingerprint density at radius 1 is 1.17 bits per heavy atom. The molecule has 0 bridgehead atoms. The predicted octanol–water partition coefficient (Wildman–Crippen LogP) is 3.39. The van der Waals surface area contributed by atoms with Crippen molar-refractivity contribution in [3.63, 3.8) is 0 Å². The molecule has 2 N–H and O–H groups in total. The van der Waals surface area contributed by atoms with E-state index in [4.69, 9.17) is 4.74 Å². The maximum absolute atomic E-state index is 12.6. The number of aliphatic hydroxyl groups excluding tert-OH is 1. The number of hydrogen-bond acceptors (Lipinski definition) is 7. The zero-order chi connectivity index (χ0) is 20.5. The Morgan fingerprint density at radius 3 is 2.66 bits per heavy atom. The van der Waals surface area contributed by atoms with E-state index < -0.39 is 11.6 Å². The van der Waals surface area contributed by atoms with E-state index in [1.807, 2.05) is 0 Å². The van der Waals surface area contributed by atoms with Crippen molar-refractivity contribution in [2.75, 3.05) is 13.2 Å². The first-order valence-corrected chi connectivity index (χ1v) is 10.8. The summed E-state index contributed by atoms with van der Waals surface area (Å²) in [5, 5.41) is 14.8. The van der Waals surface area contributed by atoms with E-state index in [0.717, 1.165) is 25.7 Å². The SMILES string of the molecule is CCOC(=O)C1=C(NCC2=C(O)c3ccccc3C(=O)C2=O)SC2CCCCC12. The number of nitrogens with one attached hydrogen (secondary N) is 1. The third-order valence-corrected chi connectivity index (χ3v) is 7.17. The van der Waals surface area contributed by atoms with Gasteiger partial charge in [0.25, 0.3) is 0 Å². The van der Waals surface area contributed by atoms with Crippen molar-refractivity contribution in [3.05, 3.63) is 51.6 Å². The summed E-state index contributed by atoms with van der Waals surface area (Å²) >= 11 is 1.60. The molecule has 0 radical (unpaired) electrons. The number of carbonyl (C=O) groups excluding carboxylic acids is 3. The fourth-order valence-corrected chi connectivity index (χ4v) is 5.83. The molecule has 0 amide bonds. The lowest BCUT2D eigenvalue weighted by atomic mass is 9.83. The highest BCUT2D eigenvalue weighted by Crippen LogP contribution is 2.48. The number of fused-ring (bicyclic) bond motifs is 2. The summed E-state index contributed by atoms with van der Waals surface area (Å²) in [5.74, 6) is -1.71. The Balaban J connectivity index is 1.63. The minimum absolute atomic E-state index is 0.0184. The van der Waals surface area contributed by atoms with Crippen LogP contribution >= 0.6 is 11.8 Å². The van der Waals surface area contributed by atoms with Crippen molar-refractivity contribution in [1.29, 1.82) is 0 Å². The average Bonchev–Trinajstić information content (AvgIpc) is 3.10. The lowest BCUT2D eigenvalue weighted by Crippen LogP contribution is -2.30. The fourth-order valence-electron chi connectivity index (χ4n) is 4.29. The van der Waals surface area contributed by atoms with E-state index in [1.54, 1.807) is 36.9 Å². The van der Waals surface area contributed by atoms with Gasteiger partial charge in [0.05, 0.1) is 22.8 Å². The zero-order valence-corrected chi connectivity index (χ0v) is 17.0. The molecule has 0 aromatic heterocycles. The van der Waals surface area contributed by atoms with Crippen molar-refractivity contribution in [2.45, 2.75) is 37.9 Å². The molecule has 29 heavy (non-hydrogen) atoms. The van der Waals surface area contributed by atoms with Crippen LogP contribution in [0, 0.1) is 5.92 Å². The number of Topliss-reactive ketones (excluding diaryl/α,β-unsaturated/α-hetero) is 2. The van der Waals surface area contributed by atoms with Gasteiger partial charge in [-0.3, -0.25) is 9.59 Å². The number of aliphatic hydroxyl groups is 1. The standard InChI is InChI=1S/C22H23NO5S/c1-2-28-22(27)17-14-9-5-6-10-16(14)29-21(17)23-11-15-18(24)12-7-3-4-8-13(12)19(25)20(15)26/h3-4,7-8,14,16,23-24H,2,5-6,9-11H2,1H3. The van der Waals surface area contributed by atoms with Gasteiger partial charge in [0.1, 0.15) is 5.76 Å². The number of carbonyl (C=O) groups is 3. The van der Waals surface area contributed by atoms with Crippen molar-refractivity contribution in [2.24, 2.45) is 5.92 Å². The molecule has 1 heterocycles. The van der Waals surface area contributed by atoms with E-state index in [2.05, 4.69) is 5.32 Å². The molecule has 4 rings (SSSR count). The molecular weight excluding hydrogens is 390 g/mol. The molecule has 1 aromatic rings. The first kappa shape index (κ1) is 19.8. The number of benzene rings is 1. The summed E-state index contributed by atoms with van der Waals surface area (Å²) < 4.78 is 5.27. The Bertz CT molecular complexity index is 948. The van der Waals surface area contributed by atoms with Gasteiger partial charge in [0.2, 0.25) is 11.6 Å². The van der Waals surface area contributed by atoms with Gasteiger partial charge in [0, 0.05) is 28.8 Å². The summed E-state index contributed by atoms with van der Waals surface area (Å²) in [4.78, 5) is 37.6. The topological polar surface area (TPSA) is 92.7 Å². The van der Waals surface area contributed by atoms with Gasteiger partial charge in [0.15, 0.2) is 0 Å². The van der Waals surface area contributed by atoms with Gasteiger partial charge >= 0.3 is 5.97 Å². The van der Waals surface area contributed by atoms with Gasteiger partial charge in [-0.25, -0.2) is 4.79 Å². The van der Waals surface area contributed by atoms with Gasteiger partial charge in [-0.2, -0.15) is 0 Å². The number of ether oxygens (including phenoxy) is 1. The van der Waals surface area contributed by atoms with Gasteiger partial charge in [-0.15, -0.1) is 11.8 Å². The molecule has 152 valence electrons. The van der Waals surface area contributed by atoms with E-state index in [0.29, 0.717) is 28.0 Å². The maximum Gasteiger partial charge on any atom is 0.336 e. The molecule has 2 aliphatic carbocycles. The van der Waals surface area contributed by atoms with Crippen LogP contribution in [-0.2, 0) is 14.3 Å². The summed E-state index contributed by atoms with van der Waals surface area (Å²) in [6.45, 7) is 2.06. The Hall–Kier alpha value is -2.54. The van der Waals surface area contributed by atoms with Gasteiger partial charge in [-0.1, -0.05) is 37.1 Å². The number of thioether (sulfide) groups is 1. The number of ketones is 2. The number of esters is 1. The third kappa shape index (κ3) is 3.48. The monoisotopic (exact) mass is 413 g/mol. The summed E-state index contributed by atoms with van der Waals surface area (Å²) in [5.41, 5.74) is 1.24. The van der Waals surface area contributed by atoms with E-state index in [-0.39, 0.29) is 35.3 Å². The van der Waals surface area contributed by atoms with E-state index in [1.165, 1.54) is 6.07 Å². The van der Waals surface area contributed by atoms with Crippen LogP contribution in [0.2, 0.25) is 0 Å². The fraction of sp³-hybridized carbons (Fsp3) is 0.409. The van der Waals surface area contributed by atoms with Crippen LogP contribution in [0.1, 0.15) is 48.5 Å². The van der Waals surface area contributed by atoms with Gasteiger partial charge < -0.3 is 15.2 Å².